The summed E-state index contributed by atoms with van der Waals surface area (Å²) < 4.78 is 5.73. The number of carbonyl (C=O) groups is 1. The van der Waals surface area contributed by atoms with E-state index in [0.29, 0.717) is 15.9 Å². The maximum absolute atomic E-state index is 12.4. The Morgan fingerprint density at radius 3 is 2.45 bits per heavy atom. The second-order valence-corrected chi connectivity index (χ2v) is 7.07. The molecule has 0 bridgehead atoms. The van der Waals surface area contributed by atoms with Gasteiger partial charge in [0.2, 0.25) is 5.13 Å². The van der Waals surface area contributed by atoms with Crippen LogP contribution in [0.15, 0.2) is 24.3 Å². The fraction of sp³-hybridized carbons (Fsp3) is 0.400. The third kappa shape index (κ3) is 4.18. The van der Waals surface area contributed by atoms with E-state index >= 15 is 0 Å². The molecule has 2 aromatic rings. The zero-order valence-electron chi connectivity index (χ0n) is 12.9. The lowest BCUT2D eigenvalue weighted by atomic mass is 10.1. The van der Waals surface area contributed by atoms with Crippen LogP contribution in [0.1, 0.15) is 38.6 Å². The van der Waals surface area contributed by atoms with Crippen molar-refractivity contribution in [2.75, 3.05) is 5.32 Å². The summed E-state index contributed by atoms with van der Waals surface area (Å²) in [4.78, 5) is 12.4. The number of hydrogen-bond acceptors (Lipinski definition) is 5. The van der Waals surface area contributed by atoms with Crippen molar-refractivity contribution in [3.8, 4) is 5.75 Å². The number of anilines is 1. The third-order valence-corrected chi connectivity index (χ3v) is 4.28. The lowest BCUT2D eigenvalue weighted by molar-refractivity contribution is -0.128. The predicted octanol–water partition coefficient (Wildman–Crippen LogP) is 4.11. The van der Waals surface area contributed by atoms with Crippen LogP contribution < -0.4 is 10.1 Å². The number of rotatable bonds is 5. The van der Waals surface area contributed by atoms with Crippen molar-refractivity contribution in [2.45, 2.75) is 39.2 Å². The van der Waals surface area contributed by atoms with Gasteiger partial charge in [-0.1, -0.05) is 36.8 Å². The summed E-state index contributed by atoms with van der Waals surface area (Å²) in [6.45, 7) is 7.45. The van der Waals surface area contributed by atoms with Gasteiger partial charge in [0.1, 0.15) is 10.8 Å². The van der Waals surface area contributed by atoms with Crippen LogP contribution in [-0.2, 0) is 4.79 Å². The van der Waals surface area contributed by atoms with Gasteiger partial charge >= 0.3 is 0 Å². The summed E-state index contributed by atoms with van der Waals surface area (Å²) in [6, 6.07) is 6.87. The van der Waals surface area contributed by atoms with Gasteiger partial charge in [0, 0.05) is 10.9 Å². The van der Waals surface area contributed by atoms with Crippen LogP contribution in [0.2, 0.25) is 5.02 Å². The standard InChI is InChI=1S/C15H18ClN3O2S/c1-9(2)12-18-19-14(22-12)17-13(20)15(3,4)21-11-7-5-10(16)6-8-11/h5-9H,1-4H3,(H,17,19,20). The minimum atomic E-state index is -1.04. The molecule has 1 N–H and O–H groups in total. The molecule has 0 saturated heterocycles. The van der Waals surface area contributed by atoms with Gasteiger partial charge in [-0.05, 0) is 38.1 Å². The second-order valence-electron chi connectivity index (χ2n) is 5.62. The SMILES string of the molecule is CC(C)c1nnc(NC(=O)C(C)(C)Oc2ccc(Cl)cc2)s1. The van der Waals surface area contributed by atoms with E-state index in [0.717, 1.165) is 5.01 Å². The predicted molar refractivity (Wildman–Crippen MR) is 88.8 cm³/mol. The second kappa shape index (κ2) is 6.62. The lowest BCUT2D eigenvalue weighted by Gasteiger charge is -2.24. The highest BCUT2D eigenvalue weighted by atomic mass is 35.5. The third-order valence-electron chi connectivity index (χ3n) is 2.89. The van der Waals surface area contributed by atoms with Crippen molar-refractivity contribution in [1.29, 1.82) is 0 Å². The summed E-state index contributed by atoms with van der Waals surface area (Å²) in [7, 11) is 0. The molecule has 0 saturated carbocycles. The molecule has 1 aromatic carbocycles. The summed E-state index contributed by atoms with van der Waals surface area (Å²) >= 11 is 7.20. The summed E-state index contributed by atoms with van der Waals surface area (Å²) in [5.74, 6) is 0.570. The van der Waals surface area contributed by atoms with Gasteiger partial charge in [0.05, 0.1) is 0 Å². The average Bonchev–Trinajstić information content (AvgIpc) is 2.90. The van der Waals surface area contributed by atoms with Crippen LogP contribution in [0.25, 0.3) is 0 Å². The van der Waals surface area contributed by atoms with Crippen LogP contribution in [0.3, 0.4) is 0 Å². The molecule has 0 radical (unpaired) electrons. The van der Waals surface area contributed by atoms with Crippen molar-refractivity contribution in [3.63, 3.8) is 0 Å². The van der Waals surface area contributed by atoms with Crippen molar-refractivity contribution >= 4 is 34.0 Å². The monoisotopic (exact) mass is 339 g/mol. The maximum atomic E-state index is 12.4. The molecule has 0 aliphatic rings. The highest BCUT2D eigenvalue weighted by Gasteiger charge is 2.31. The molecule has 1 aromatic heterocycles. The number of halogens is 1. The van der Waals surface area contributed by atoms with Gasteiger partial charge in [-0.3, -0.25) is 10.1 Å². The van der Waals surface area contributed by atoms with Crippen molar-refractivity contribution < 1.29 is 9.53 Å². The molecule has 0 spiro atoms. The van der Waals surface area contributed by atoms with E-state index in [4.69, 9.17) is 16.3 Å². The summed E-state index contributed by atoms with van der Waals surface area (Å²) in [5, 5.41) is 12.7. The fourth-order valence-electron chi connectivity index (χ4n) is 1.61. The molecular formula is C15H18ClN3O2S. The molecule has 1 heterocycles. The van der Waals surface area contributed by atoms with Gasteiger partial charge in [0.15, 0.2) is 5.60 Å². The van der Waals surface area contributed by atoms with Gasteiger partial charge in [-0.15, -0.1) is 10.2 Å². The van der Waals surface area contributed by atoms with E-state index in [9.17, 15) is 4.79 Å². The first-order chi connectivity index (χ1) is 10.3. The van der Waals surface area contributed by atoms with E-state index in [1.807, 2.05) is 13.8 Å². The minimum Gasteiger partial charge on any atom is -0.478 e. The zero-order chi connectivity index (χ0) is 16.3. The summed E-state index contributed by atoms with van der Waals surface area (Å²) in [6.07, 6.45) is 0. The Labute approximate surface area is 138 Å². The minimum absolute atomic E-state index is 0.279. The Hall–Kier alpha value is -1.66. The smallest absolute Gasteiger partial charge is 0.269 e. The lowest BCUT2D eigenvalue weighted by Crippen LogP contribution is -2.42. The Morgan fingerprint density at radius 1 is 1.27 bits per heavy atom. The van der Waals surface area contributed by atoms with Crippen LogP contribution in [0.5, 0.6) is 5.75 Å². The number of nitrogens with zero attached hydrogens (tertiary/aromatic N) is 2. The largest absolute Gasteiger partial charge is 0.478 e. The first-order valence-corrected chi connectivity index (χ1v) is 8.07. The number of ether oxygens (including phenoxy) is 1. The normalized spacial score (nSPS) is 11.5. The van der Waals surface area contributed by atoms with Crippen molar-refractivity contribution in [1.82, 2.24) is 10.2 Å². The highest BCUT2D eigenvalue weighted by molar-refractivity contribution is 7.15. The number of benzene rings is 1. The van der Waals surface area contributed by atoms with Gasteiger partial charge in [-0.2, -0.15) is 0 Å². The average molecular weight is 340 g/mol. The topological polar surface area (TPSA) is 64.1 Å². The number of amides is 1. The Bertz CT molecular complexity index is 653. The Kier molecular flexibility index (Phi) is 5.03. The molecule has 1 amide bonds. The molecule has 0 unspecified atom stereocenters. The molecule has 7 heteroatoms. The first-order valence-electron chi connectivity index (χ1n) is 6.87. The zero-order valence-corrected chi connectivity index (χ0v) is 14.5. The van der Waals surface area contributed by atoms with Crippen LogP contribution >= 0.6 is 22.9 Å². The van der Waals surface area contributed by atoms with E-state index in [1.54, 1.807) is 38.1 Å². The number of nitrogens with one attached hydrogen (secondary N) is 1. The molecule has 118 valence electrons. The first kappa shape index (κ1) is 16.7. The van der Waals surface area contributed by atoms with Crippen molar-refractivity contribution in [3.05, 3.63) is 34.3 Å². The molecule has 0 atom stereocenters. The number of carbonyl (C=O) groups excluding carboxylic acids is 1. The molecular weight excluding hydrogens is 322 g/mol. The Balaban J connectivity index is 2.04. The molecule has 0 fully saturated rings. The molecule has 2 rings (SSSR count). The van der Waals surface area contributed by atoms with Gasteiger partial charge in [-0.25, -0.2) is 0 Å². The van der Waals surface area contributed by atoms with E-state index in [2.05, 4.69) is 15.5 Å². The van der Waals surface area contributed by atoms with Crippen LogP contribution in [0.4, 0.5) is 5.13 Å². The van der Waals surface area contributed by atoms with E-state index < -0.39 is 5.60 Å². The molecule has 22 heavy (non-hydrogen) atoms. The molecule has 0 aliphatic carbocycles. The highest BCUT2D eigenvalue weighted by Crippen LogP contribution is 2.25. The number of hydrogen-bond donors (Lipinski definition) is 1. The van der Waals surface area contributed by atoms with Gasteiger partial charge < -0.3 is 4.74 Å². The quantitative estimate of drug-likeness (QED) is 0.890. The number of aromatic nitrogens is 2. The van der Waals surface area contributed by atoms with E-state index in [1.165, 1.54) is 11.3 Å². The Morgan fingerprint density at radius 2 is 1.91 bits per heavy atom. The van der Waals surface area contributed by atoms with Crippen LogP contribution in [-0.4, -0.2) is 21.7 Å². The van der Waals surface area contributed by atoms with Crippen molar-refractivity contribution in [2.24, 2.45) is 0 Å². The van der Waals surface area contributed by atoms with E-state index in [-0.39, 0.29) is 11.8 Å². The summed E-state index contributed by atoms with van der Waals surface area (Å²) in [5.41, 5.74) is -1.04. The molecule has 5 nitrogen and oxygen atoms in total. The fourth-order valence-corrected chi connectivity index (χ4v) is 2.48. The molecule has 0 aliphatic heterocycles. The van der Waals surface area contributed by atoms with Gasteiger partial charge in [0.25, 0.3) is 5.91 Å². The van der Waals surface area contributed by atoms with Crippen LogP contribution in [0, 0.1) is 0 Å². The maximum Gasteiger partial charge on any atom is 0.269 e.